The molecule has 13 nitrogen and oxygen atoms in total. The van der Waals surface area contributed by atoms with Crippen molar-refractivity contribution in [3.8, 4) is 5.75 Å². The molecule has 2 aliphatic rings. The molecular weight excluding hydrogens is 368 g/mol. The monoisotopic (exact) mass is 390 g/mol. The molecule has 3 rings (SSSR count). The van der Waals surface area contributed by atoms with E-state index in [0.29, 0.717) is 5.69 Å². The Morgan fingerprint density at radius 2 is 2.00 bits per heavy atom. The first kappa shape index (κ1) is 19.5. The second kappa shape index (κ2) is 8.16. The molecule has 150 valence electrons. The van der Waals surface area contributed by atoms with Crippen LogP contribution in [-0.4, -0.2) is 92.8 Å². The van der Waals surface area contributed by atoms with Gasteiger partial charge in [-0.05, 0) is 0 Å². The van der Waals surface area contributed by atoms with Crippen molar-refractivity contribution in [2.45, 2.75) is 12.2 Å². The number of rotatable bonds is 7. The van der Waals surface area contributed by atoms with Crippen LogP contribution in [-0.2, 0) is 0 Å². The minimum Gasteiger partial charge on any atom is -0.504 e. The number of nitrogens with two attached hydrogens (primary N) is 2. The van der Waals surface area contributed by atoms with E-state index in [2.05, 4.69) is 25.5 Å². The van der Waals surface area contributed by atoms with Gasteiger partial charge in [-0.2, -0.15) is 10.2 Å². The summed E-state index contributed by atoms with van der Waals surface area (Å²) in [5.74, 6) is -0.223. The van der Waals surface area contributed by atoms with E-state index in [-0.39, 0.29) is 55.2 Å². The zero-order chi connectivity index (χ0) is 20.3. The SMILES string of the molecule is N=C1C(=Nc2nc(N)c(O)cc2NC2C=NN(CCO)C2N)C=NN1CCO. The minimum atomic E-state index is -0.543. The molecule has 0 fully saturated rings. The Hall–Kier alpha value is -3.29. The zero-order valence-electron chi connectivity index (χ0n) is 14.9. The quantitative estimate of drug-likeness (QED) is 0.276. The Balaban J connectivity index is 1.86. The lowest BCUT2D eigenvalue weighted by atomic mass is 10.2. The molecule has 0 radical (unpaired) electrons. The van der Waals surface area contributed by atoms with Gasteiger partial charge in [0.15, 0.2) is 23.2 Å². The molecule has 1 aromatic rings. The van der Waals surface area contributed by atoms with Crippen LogP contribution in [0.2, 0.25) is 0 Å². The van der Waals surface area contributed by atoms with E-state index in [1.54, 1.807) is 6.21 Å². The number of nitrogen functional groups attached to an aromatic ring is 1. The van der Waals surface area contributed by atoms with E-state index in [1.807, 2.05) is 0 Å². The van der Waals surface area contributed by atoms with Crippen molar-refractivity contribution in [3.05, 3.63) is 6.07 Å². The fourth-order valence-corrected chi connectivity index (χ4v) is 2.65. The third kappa shape index (κ3) is 3.85. The minimum absolute atomic E-state index is 0.00157. The van der Waals surface area contributed by atoms with Gasteiger partial charge >= 0.3 is 0 Å². The fourth-order valence-electron chi connectivity index (χ4n) is 2.65. The van der Waals surface area contributed by atoms with Crippen molar-refractivity contribution in [3.63, 3.8) is 0 Å². The Kier molecular flexibility index (Phi) is 5.67. The topological polar surface area (TPSA) is 205 Å². The highest BCUT2D eigenvalue weighted by Crippen LogP contribution is 2.32. The Labute approximate surface area is 160 Å². The van der Waals surface area contributed by atoms with E-state index < -0.39 is 12.2 Å². The Morgan fingerprint density at radius 3 is 2.71 bits per heavy atom. The maximum absolute atomic E-state index is 9.94. The van der Waals surface area contributed by atoms with E-state index in [4.69, 9.17) is 27.1 Å². The maximum atomic E-state index is 9.94. The number of aliphatic hydroxyl groups is 2. The lowest BCUT2D eigenvalue weighted by molar-refractivity contribution is 0.170. The first-order valence-electron chi connectivity index (χ1n) is 8.47. The predicted octanol–water partition coefficient (Wildman–Crippen LogP) is -1.93. The number of hydrazone groups is 2. The lowest BCUT2D eigenvalue weighted by Gasteiger charge is -2.24. The first-order valence-corrected chi connectivity index (χ1v) is 8.47. The van der Waals surface area contributed by atoms with Gasteiger partial charge in [0.1, 0.15) is 11.9 Å². The van der Waals surface area contributed by atoms with Gasteiger partial charge < -0.3 is 32.1 Å². The number of anilines is 2. The molecule has 3 heterocycles. The number of β-amino-alcohol motifs (C(OH)–C–C–N with tert-alkyl or cyclic N) is 2. The summed E-state index contributed by atoms with van der Waals surface area (Å²) in [6.45, 7) is 0.198. The van der Waals surface area contributed by atoms with Gasteiger partial charge in [0.25, 0.3) is 0 Å². The molecule has 0 aromatic carbocycles. The van der Waals surface area contributed by atoms with E-state index in [0.717, 1.165) is 0 Å². The summed E-state index contributed by atoms with van der Waals surface area (Å²) >= 11 is 0. The van der Waals surface area contributed by atoms with Crippen molar-refractivity contribution < 1.29 is 15.3 Å². The number of aromatic nitrogens is 1. The molecule has 0 saturated carbocycles. The summed E-state index contributed by atoms with van der Waals surface area (Å²) in [6.07, 6.45) is 2.41. The second-order valence-electron chi connectivity index (χ2n) is 6.01. The third-order valence-electron chi connectivity index (χ3n) is 4.11. The molecule has 2 aliphatic heterocycles. The predicted molar refractivity (Wildman–Crippen MR) is 105 cm³/mol. The van der Waals surface area contributed by atoms with Crippen molar-refractivity contribution in [1.29, 1.82) is 5.41 Å². The largest absolute Gasteiger partial charge is 0.504 e. The number of aliphatic imine (C=N–C) groups is 1. The molecular formula is C15H22N10O3. The molecule has 0 aliphatic carbocycles. The van der Waals surface area contributed by atoms with Gasteiger partial charge in [-0.3, -0.25) is 10.4 Å². The Bertz CT molecular complexity index is 840. The summed E-state index contributed by atoms with van der Waals surface area (Å²) < 4.78 is 0. The summed E-state index contributed by atoms with van der Waals surface area (Å²) in [5.41, 5.74) is 12.4. The van der Waals surface area contributed by atoms with Gasteiger partial charge in [-0.15, -0.1) is 0 Å². The van der Waals surface area contributed by atoms with Gasteiger partial charge in [0.05, 0.1) is 50.5 Å². The van der Waals surface area contributed by atoms with Crippen molar-refractivity contribution in [2.75, 3.05) is 37.4 Å². The number of nitrogens with zero attached hydrogens (tertiary/aromatic N) is 6. The van der Waals surface area contributed by atoms with Gasteiger partial charge in [0, 0.05) is 6.07 Å². The molecule has 2 unspecified atom stereocenters. The third-order valence-corrected chi connectivity index (χ3v) is 4.11. The van der Waals surface area contributed by atoms with Crippen LogP contribution >= 0.6 is 0 Å². The average molecular weight is 390 g/mol. The summed E-state index contributed by atoms with van der Waals surface area (Å²) in [6, 6.07) is 0.927. The van der Waals surface area contributed by atoms with Crippen LogP contribution in [0.5, 0.6) is 5.75 Å². The molecule has 0 saturated heterocycles. The normalized spacial score (nSPS) is 22.7. The summed E-state index contributed by atoms with van der Waals surface area (Å²) in [5, 5.41) is 50.1. The summed E-state index contributed by atoms with van der Waals surface area (Å²) in [7, 11) is 0. The van der Waals surface area contributed by atoms with Crippen molar-refractivity contribution in [2.24, 2.45) is 20.9 Å². The van der Waals surface area contributed by atoms with Crippen LogP contribution in [0.15, 0.2) is 21.3 Å². The van der Waals surface area contributed by atoms with E-state index >= 15 is 0 Å². The number of hydrogen-bond acceptors (Lipinski definition) is 12. The number of aliphatic hydroxyl groups excluding tert-OH is 2. The number of pyridine rings is 1. The number of nitrogens with one attached hydrogen (secondary N) is 2. The smallest absolute Gasteiger partial charge is 0.178 e. The molecule has 0 spiro atoms. The lowest BCUT2D eigenvalue weighted by Crippen LogP contribution is -2.47. The highest BCUT2D eigenvalue weighted by molar-refractivity contribution is 6.63. The molecule has 0 bridgehead atoms. The molecule has 28 heavy (non-hydrogen) atoms. The number of hydrogen-bond donors (Lipinski definition) is 7. The second-order valence-corrected chi connectivity index (χ2v) is 6.01. The first-order chi connectivity index (χ1) is 13.4. The average Bonchev–Trinajstić information content (AvgIpc) is 3.18. The molecule has 2 atom stereocenters. The highest BCUT2D eigenvalue weighted by atomic mass is 16.3. The number of aromatic hydroxyl groups is 1. The van der Waals surface area contributed by atoms with Crippen LogP contribution in [0.4, 0.5) is 17.3 Å². The fraction of sp³-hybridized carbons (Fsp3) is 0.400. The molecule has 13 heteroatoms. The maximum Gasteiger partial charge on any atom is 0.178 e. The summed E-state index contributed by atoms with van der Waals surface area (Å²) in [4.78, 5) is 8.39. The number of amidine groups is 1. The van der Waals surface area contributed by atoms with E-state index in [9.17, 15) is 5.11 Å². The van der Waals surface area contributed by atoms with Gasteiger partial charge in [-0.25, -0.2) is 15.0 Å². The van der Waals surface area contributed by atoms with Gasteiger partial charge in [0.2, 0.25) is 0 Å². The van der Waals surface area contributed by atoms with Gasteiger partial charge in [-0.1, -0.05) is 0 Å². The zero-order valence-corrected chi connectivity index (χ0v) is 14.9. The molecule has 0 amide bonds. The Morgan fingerprint density at radius 1 is 1.25 bits per heavy atom. The highest BCUT2D eigenvalue weighted by Gasteiger charge is 2.28. The van der Waals surface area contributed by atoms with Crippen molar-refractivity contribution in [1.82, 2.24) is 15.0 Å². The molecule has 1 aromatic heterocycles. The van der Waals surface area contributed by atoms with Crippen LogP contribution in [0.3, 0.4) is 0 Å². The van der Waals surface area contributed by atoms with Crippen LogP contribution in [0, 0.1) is 5.41 Å². The standard InChI is InChI=1S/C15H22N10O3/c16-12-11(28)5-8(21-9-6-19-24(1-3-26)13(9)17)15(23-12)22-10-7-20-25(2-4-27)14(10)18/h5-7,9,13,18,21,26-28H,1-4,17H2,(H2,16,23). The van der Waals surface area contributed by atoms with Crippen LogP contribution in [0.25, 0.3) is 0 Å². The van der Waals surface area contributed by atoms with E-state index in [1.165, 1.54) is 22.3 Å². The van der Waals surface area contributed by atoms with Crippen LogP contribution in [0.1, 0.15) is 0 Å². The molecule has 9 N–H and O–H groups in total. The van der Waals surface area contributed by atoms with Crippen LogP contribution < -0.4 is 16.8 Å². The van der Waals surface area contributed by atoms with Crippen molar-refractivity contribution >= 4 is 41.3 Å².